The van der Waals surface area contributed by atoms with Crippen LogP contribution < -0.4 is 10.1 Å². The largest absolute Gasteiger partial charge is 0.500 e. The fourth-order valence-electron chi connectivity index (χ4n) is 1.87. The highest BCUT2D eigenvalue weighted by Gasteiger charge is 2.36. The number of carbonyl (C=O) groups excluding carboxylic acids is 1. The molecule has 136 valence electrons. The van der Waals surface area contributed by atoms with Gasteiger partial charge in [0.15, 0.2) is 0 Å². The van der Waals surface area contributed by atoms with Gasteiger partial charge in [-0.15, -0.1) is 0 Å². The third-order valence-corrected chi connectivity index (χ3v) is 6.89. The molecule has 0 atom stereocenters. The van der Waals surface area contributed by atoms with E-state index < -0.39 is 25.0 Å². The highest BCUT2D eigenvalue weighted by atomic mass is 32.2. The zero-order valence-corrected chi connectivity index (χ0v) is 15.5. The number of rotatable bonds is 9. The van der Waals surface area contributed by atoms with E-state index in [0.29, 0.717) is 19.0 Å². The molecule has 1 aromatic carbocycles. The number of nitrogens with one attached hydrogen (secondary N) is 1. The van der Waals surface area contributed by atoms with Gasteiger partial charge in [-0.1, -0.05) is 0 Å². The zero-order chi connectivity index (χ0) is 18.2. The number of benzene rings is 1. The van der Waals surface area contributed by atoms with Gasteiger partial charge < -0.3 is 23.3 Å². The molecule has 2 N–H and O–H groups in total. The Morgan fingerprint density at radius 2 is 1.67 bits per heavy atom. The van der Waals surface area contributed by atoms with Gasteiger partial charge in [-0.25, -0.2) is 4.79 Å². The Hall–Kier alpha value is -1.50. The molecule has 0 saturated carbocycles. The molecular formula is C13H21NO8SSi. The summed E-state index contributed by atoms with van der Waals surface area (Å²) in [5, 5.41) is 2.55. The van der Waals surface area contributed by atoms with Crippen molar-refractivity contribution >= 4 is 25.0 Å². The van der Waals surface area contributed by atoms with Gasteiger partial charge in [0.2, 0.25) is 0 Å². The minimum Gasteiger partial charge on any atom is -0.410 e. The molecule has 1 rings (SSSR count). The molecular weight excluding hydrogens is 358 g/mol. The molecule has 1 amide bonds. The number of hydrogen-bond donors (Lipinski definition) is 2. The Morgan fingerprint density at radius 1 is 1.12 bits per heavy atom. The lowest BCUT2D eigenvalue weighted by Crippen LogP contribution is -2.43. The van der Waals surface area contributed by atoms with Gasteiger partial charge >= 0.3 is 14.9 Å². The second kappa shape index (κ2) is 9.10. The number of hydrogen-bond acceptors (Lipinski definition) is 7. The molecule has 0 radical (unpaired) electrons. The van der Waals surface area contributed by atoms with Crippen molar-refractivity contribution < 1.29 is 35.8 Å². The maximum atomic E-state index is 11.6. The van der Waals surface area contributed by atoms with Crippen LogP contribution in [0.2, 0.25) is 6.04 Å². The first-order valence-corrected chi connectivity index (χ1v) is 10.3. The van der Waals surface area contributed by atoms with Crippen molar-refractivity contribution in [2.75, 3.05) is 27.9 Å². The first-order valence-electron chi connectivity index (χ1n) is 6.95. The topological polar surface area (TPSA) is 120 Å². The summed E-state index contributed by atoms with van der Waals surface area (Å²) in [4.78, 5) is 11.4. The fourth-order valence-corrected chi connectivity index (χ4v) is 4.08. The third-order valence-electron chi connectivity index (χ3n) is 3.19. The SMILES string of the molecule is CO[Si](CCCNC(=O)Oc1ccc(S(=O)(=O)O)cc1)(OC)OC. The highest BCUT2D eigenvalue weighted by Crippen LogP contribution is 2.16. The van der Waals surface area contributed by atoms with E-state index in [-0.39, 0.29) is 10.6 Å². The quantitative estimate of drug-likeness (QED) is 0.374. The van der Waals surface area contributed by atoms with Crippen molar-refractivity contribution in [1.29, 1.82) is 0 Å². The van der Waals surface area contributed by atoms with Crippen LogP contribution in [0.5, 0.6) is 5.75 Å². The van der Waals surface area contributed by atoms with Crippen LogP contribution in [-0.4, -0.2) is 55.7 Å². The number of ether oxygens (including phenoxy) is 1. The van der Waals surface area contributed by atoms with Crippen molar-refractivity contribution in [2.45, 2.75) is 17.4 Å². The first kappa shape index (κ1) is 20.5. The van der Waals surface area contributed by atoms with E-state index in [9.17, 15) is 13.2 Å². The lowest BCUT2D eigenvalue weighted by Gasteiger charge is -2.24. The minimum absolute atomic E-state index is 0.147. The predicted octanol–water partition coefficient (Wildman–Crippen LogP) is 1.29. The summed E-state index contributed by atoms with van der Waals surface area (Å²) in [6, 6.07) is 5.32. The van der Waals surface area contributed by atoms with Crippen LogP contribution in [0.25, 0.3) is 0 Å². The van der Waals surface area contributed by atoms with Crippen molar-refractivity contribution in [1.82, 2.24) is 5.32 Å². The molecule has 11 heteroatoms. The van der Waals surface area contributed by atoms with Crippen LogP contribution in [0.3, 0.4) is 0 Å². The van der Waals surface area contributed by atoms with E-state index in [1.54, 1.807) is 0 Å². The summed E-state index contributed by atoms with van der Waals surface area (Å²) in [5.74, 6) is 0.147. The molecule has 0 aromatic heterocycles. The van der Waals surface area contributed by atoms with E-state index >= 15 is 0 Å². The molecule has 1 aromatic rings. The van der Waals surface area contributed by atoms with Gasteiger partial charge in [0.25, 0.3) is 10.1 Å². The Bertz CT molecular complexity index is 622. The smallest absolute Gasteiger partial charge is 0.410 e. The maximum absolute atomic E-state index is 11.6. The van der Waals surface area contributed by atoms with Crippen LogP contribution in [-0.2, 0) is 23.4 Å². The van der Waals surface area contributed by atoms with Crippen LogP contribution in [0.15, 0.2) is 29.2 Å². The molecule has 0 saturated heterocycles. The van der Waals surface area contributed by atoms with Gasteiger partial charge in [-0.3, -0.25) is 4.55 Å². The normalized spacial score (nSPS) is 12.0. The van der Waals surface area contributed by atoms with Crippen molar-refractivity contribution in [3.63, 3.8) is 0 Å². The van der Waals surface area contributed by atoms with E-state index in [1.807, 2.05) is 0 Å². The van der Waals surface area contributed by atoms with Crippen molar-refractivity contribution in [3.8, 4) is 5.75 Å². The number of amides is 1. The van der Waals surface area contributed by atoms with Gasteiger partial charge in [0.05, 0.1) is 4.90 Å². The van der Waals surface area contributed by atoms with Crippen molar-refractivity contribution in [3.05, 3.63) is 24.3 Å². The molecule has 0 bridgehead atoms. The molecule has 0 aliphatic heterocycles. The molecule has 0 fully saturated rings. The van der Waals surface area contributed by atoms with Gasteiger partial charge in [0, 0.05) is 33.9 Å². The Balaban J connectivity index is 2.42. The summed E-state index contributed by atoms with van der Waals surface area (Å²) in [7, 11) is -2.40. The van der Waals surface area contributed by atoms with Crippen LogP contribution in [0.4, 0.5) is 4.79 Å². The van der Waals surface area contributed by atoms with Gasteiger partial charge in [-0.2, -0.15) is 8.42 Å². The number of carbonyl (C=O) groups is 1. The van der Waals surface area contributed by atoms with Crippen LogP contribution in [0, 0.1) is 0 Å². The zero-order valence-electron chi connectivity index (χ0n) is 13.6. The first-order chi connectivity index (χ1) is 11.3. The fraction of sp³-hybridized carbons (Fsp3) is 0.462. The van der Waals surface area contributed by atoms with E-state index in [2.05, 4.69) is 5.32 Å². The van der Waals surface area contributed by atoms with E-state index in [0.717, 1.165) is 12.1 Å². The average Bonchev–Trinajstić information content (AvgIpc) is 2.55. The maximum Gasteiger partial charge on any atom is 0.500 e. The third kappa shape index (κ3) is 6.18. The Labute approximate surface area is 142 Å². The van der Waals surface area contributed by atoms with Crippen molar-refractivity contribution in [2.24, 2.45) is 0 Å². The molecule has 0 spiro atoms. The Kier molecular flexibility index (Phi) is 7.79. The standard InChI is InChI=1S/C13H21NO8SSi/c1-19-24(20-2,21-3)10-4-9-14-13(15)22-11-5-7-12(8-6-11)23(16,17)18/h5-8H,4,9-10H2,1-3H3,(H,14,15)(H,16,17,18). The summed E-state index contributed by atoms with van der Waals surface area (Å²) in [5.41, 5.74) is 0. The monoisotopic (exact) mass is 379 g/mol. The average molecular weight is 379 g/mol. The summed E-state index contributed by atoms with van der Waals surface area (Å²) >= 11 is 0. The second-order valence-corrected chi connectivity index (χ2v) is 9.17. The molecule has 24 heavy (non-hydrogen) atoms. The predicted molar refractivity (Wildman–Crippen MR) is 86.5 cm³/mol. The highest BCUT2D eigenvalue weighted by molar-refractivity contribution is 7.85. The van der Waals surface area contributed by atoms with E-state index in [1.165, 1.54) is 33.5 Å². The molecule has 0 aliphatic rings. The molecule has 9 nitrogen and oxygen atoms in total. The van der Waals surface area contributed by atoms with Gasteiger partial charge in [0.1, 0.15) is 5.75 Å². The van der Waals surface area contributed by atoms with Gasteiger partial charge in [-0.05, 0) is 30.7 Å². The Morgan fingerprint density at radius 3 is 2.12 bits per heavy atom. The van der Waals surface area contributed by atoms with Crippen LogP contribution >= 0.6 is 0 Å². The van der Waals surface area contributed by atoms with E-state index in [4.69, 9.17) is 22.6 Å². The summed E-state index contributed by atoms with van der Waals surface area (Å²) < 4.78 is 51.4. The summed E-state index contributed by atoms with van der Waals surface area (Å²) in [6.07, 6.45) is -0.118. The second-order valence-electron chi connectivity index (χ2n) is 4.66. The molecule has 0 aliphatic carbocycles. The lowest BCUT2D eigenvalue weighted by molar-refractivity contribution is 0.123. The molecule has 0 heterocycles. The van der Waals surface area contributed by atoms with Crippen LogP contribution in [0.1, 0.15) is 6.42 Å². The minimum atomic E-state index is -4.28. The molecule has 0 unspecified atom stereocenters. The summed E-state index contributed by atoms with van der Waals surface area (Å²) in [6.45, 7) is 0.326. The lowest BCUT2D eigenvalue weighted by atomic mass is 10.3.